The van der Waals surface area contributed by atoms with Gasteiger partial charge in [-0.2, -0.15) is 8.42 Å². The van der Waals surface area contributed by atoms with Gasteiger partial charge < -0.3 is 10.8 Å². The van der Waals surface area contributed by atoms with Crippen molar-refractivity contribution in [3.63, 3.8) is 0 Å². The lowest BCUT2D eigenvalue weighted by Crippen LogP contribution is -2.31. The highest BCUT2D eigenvalue weighted by Gasteiger charge is 2.18. The lowest BCUT2D eigenvalue weighted by molar-refractivity contribution is 0.150. The zero-order valence-electron chi connectivity index (χ0n) is 7.68. The Labute approximate surface area is 78.7 Å². The van der Waals surface area contributed by atoms with Crippen molar-refractivity contribution in [3.05, 3.63) is 0 Å². The topological polar surface area (TPSA) is 101 Å². The molecule has 1 unspecified atom stereocenters. The summed E-state index contributed by atoms with van der Waals surface area (Å²) in [5.41, 5.74) is 5.15. The molecular formula is C7H17NO4S. The molecule has 0 aromatic rings. The molecular weight excluding hydrogens is 194 g/mol. The Kier molecular flexibility index (Phi) is 5.46. The minimum Gasteiger partial charge on any atom is -0.393 e. The van der Waals surface area contributed by atoms with Crippen molar-refractivity contribution >= 4 is 10.1 Å². The largest absolute Gasteiger partial charge is 0.393 e. The van der Waals surface area contributed by atoms with Crippen molar-refractivity contribution in [3.8, 4) is 0 Å². The molecule has 0 radical (unpaired) electrons. The van der Waals surface area contributed by atoms with Crippen molar-refractivity contribution in [2.75, 3.05) is 0 Å². The number of nitrogens with two attached hydrogens (primary N) is 1. The van der Waals surface area contributed by atoms with Crippen LogP contribution in [0.2, 0.25) is 0 Å². The summed E-state index contributed by atoms with van der Waals surface area (Å²) in [6, 6.07) is 0. The van der Waals surface area contributed by atoms with Crippen LogP contribution in [0.15, 0.2) is 0 Å². The van der Waals surface area contributed by atoms with E-state index in [1.165, 1.54) is 0 Å². The number of hydrogen-bond donors (Lipinski definition) is 3. The molecule has 0 amide bonds. The van der Waals surface area contributed by atoms with Crippen molar-refractivity contribution in [1.29, 1.82) is 0 Å². The molecule has 0 aliphatic carbocycles. The minimum atomic E-state index is -4.15. The summed E-state index contributed by atoms with van der Waals surface area (Å²) in [6.45, 7) is 1.92. The lowest BCUT2D eigenvalue weighted by Gasteiger charge is -2.11. The van der Waals surface area contributed by atoms with E-state index >= 15 is 0 Å². The highest BCUT2D eigenvalue weighted by atomic mass is 32.2. The molecule has 0 aromatic heterocycles. The smallest absolute Gasteiger partial charge is 0.280 e. The van der Waals surface area contributed by atoms with E-state index in [2.05, 4.69) is 0 Å². The van der Waals surface area contributed by atoms with Crippen LogP contribution >= 0.6 is 0 Å². The maximum absolute atomic E-state index is 10.5. The Morgan fingerprint density at radius 1 is 1.31 bits per heavy atom. The van der Waals surface area contributed by atoms with E-state index in [9.17, 15) is 13.5 Å². The molecule has 5 nitrogen and oxygen atoms in total. The second kappa shape index (κ2) is 5.54. The molecule has 0 spiro atoms. The van der Waals surface area contributed by atoms with Gasteiger partial charge in [-0.1, -0.05) is 13.3 Å². The van der Waals surface area contributed by atoms with Crippen molar-refractivity contribution in [1.82, 2.24) is 0 Å². The zero-order chi connectivity index (χ0) is 10.5. The second-order valence-corrected chi connectivity index (χ2v) is 4.71. The van der Waals surface area contributed by atoms with Crippen LogP contribution in [0.4, 0.5) is 0 Å². The van der Waals surface area contributed by atoms with Crippen LogP contribution in [-0.4, -0.2) is 29.6 Å². The van der Waals surface area contributed by atoms with E-state index in [1.54, 1.807) is 0 Å². The molecule has 0 heterocycles. The number of aliphatic hydroxyl groups excluding tert-OH is 1. The van der Waals surface area contributed by atoms with E-state index in [-0.39, 0.29) is 6.42 Å². The Hall–Kier alpha value is -0.170. The predicted octanol–water partition coefficient (Wildman–Crippen LogP) is 0.100. The maximum Gasteiger partial charge on any atom is 0.280 e. The van der Waals surface area contributed by atoms with Gasteiger partial charge >= 0.3 is 0 Å². The minimum absolute atomic E-state index is 0.0833. The Morgan fingerprint density at radius 3 is 2.23 bits per heavy atom. The van der Waals surface area contributed by atoms with Crippen molar-refractivity contribution in [2.45, 2.75) is 44.1 Å². The molecule has 0 rings (SSSR count). The van der Waals surface area contributed by atoms with Crippen LogP contribution in [0.1, 0.15) is 32.6 Å². The molecule has 0 aromatic carbocycles. The molecule has 2 atom stereocenters. The van der Waals surface area contributed by atoms with Crippen LogP contribution in [0.25, 0.3) is 0 Å². The van der Waals surface area contributed by atoms with Gasteiger partial charge in [0.25, 0.3) is 10.1 Å². The van der Waals surface area contributed by atoms with Crippen LogP contribution in [-0.2, 0) is 10.1 Å². The summed E-state index contributed by atoms with van der Waals surface area (Å²) in [5, 5.41) is 7.95. The molecule has 0 aliphatic heterocycles. The SMILES string of the molecule is CCC[C@H](O)CCC(N)S(=O)(=O)O. The summed E-state index contributed by atoms with van der Waals surface area (Å²) < 4.78 is 29.4. The van der Waals surface area contributed by atoms with Gasteiger partial charge in [0.15, 0.2) is 0 Å². The van der Waals surface area contributed by atoms with E-state index in [0.29, 0.717) is 12.8 Å². The first-order valence-electron chi connectivity index (χ1n) is 4.27. The fraction of sp³-hybridized carbons (Fsp3) is 1.00. The molecule has 4 N–H and O–H groups in total. The molecule has 80 valence electrons. The highest BCUT2D eigenvalue weighted by molar-refractivity contribution is 7.86. The van der Waals surface area contributed by atoms with Crippen LogP contribution in [0.5, 0.6) is 0 Å². The summed E-state index contributed by atoms with van der Waals surface area (Å²) >= 11 is 0. The Balaban J connectivity index is 3.77. The summed E-state index contributed by atoms with van der Waals surface area (Å²) in [7, 11) is -4.15. The van der Waals surface area contributed by atoms with Crippen molar-refractivity contribution < 1.29 is 18.1 Å². The van der Waals surface area contributed by atoms with Crippen LogP contribution in [0, 0.1) is 0 Å². The number of rotatable bonds is 6. The van der Waals surface area contributed by atoms with Gasteiger partial charge in [0.1, 0.15) is 5.37 Å². The summed E-state index contributed by atoms with van der Waals surface area (Å²) in [5.74, 6) is 0. The monoisotopic (exact) mass is 211 g/mol. The second-order valence-electron chi connectivity index (χ2n) is 3.07. The number of hydrogen-bond acceptors (Lipinski definition) is 4. The Morgan fingerprint density at radius 2 is 1.85 bits per heavy atom. The summed E-state index contributed by atoms with van der Waals surface area (Å²) in [6.07, 6.45) is 1.31. The Bertz CT molecular complexity index is 227. The first-order chi connectivity index (χ1) is 5.88. The third kappa shape index (κ3) is 5.98. The predicted molar refractivity (Wildman–Crippen MR) is 49.7 cm³/mol. The molecule has 0 saturated heterocycles. The van der Waals surface area contributed by atoms with Gasteiger partial charge in [0.05, 0.1) is 6.10 Å². The average molecular weight is 211 g/mol. The average Bonchev–Trinajstić information content (AvgIpc) is 1.99. The molecule has 0 aliphatic rings. The van der Waals surface area contributed by atoms with Crippen LogP contribution < -0.4 is 5.73 Å². The first-order valence-corrected chi connectivity index (χ1v) is 5.78. The van der Waals surface area contributed by atoms with E-state index in [4.69, 9.17) is 10.3 Å². The maximum atomic E-state index is 10.5. The summed E-state index contributed by atoms with van der Waals surface area (Å²) in [4.78, 5) is 0. The first kappa shape index (κ1) is 12.8. The van der Waals surface area contributed by atoms with Gasteiger partial charge in [-0.25, -0.2) is 0 Å². The van der Waals surface area contributed by atoms with Crippen molar-refractivity contribution in [2.24, 2.45) is 5.73 Å². The fourth-order valence-corrected chi connectivity index (χ4v) is 1.42. The van der Waals surface area contributed by atoms with Crippen LogP contribution in [0.3, 0.4) is 0 Å². The highest BCUT2D eigenvalue weighted by Crippen LogP contribution is 2.08. The lowest BCUT2D eigenvalue weighted by atomic mass is 10.1. The van der Waals surface area contributed by atoms with E-state index < -0.39 is 21.6 Å². The van der Waals surface area contributed by atoms with E-state index in [1.807, 2.05) is 6.92 Å². The molecule has 6 heteroatoms. The van der Waals surface area contributed by atoms with Gasteiger partial charge in [-0.15, -0.1) is 0 Å². The van der Waals surface area contributed by atoms with Gasteiger partial charge in [0, 0.05) is 0 Å². The quantitative estimate of drug-likeness (QED) is 0.541. The van der Waals surface area contributed by atoms with Gasteiger partial charge in [-0.3, -0.25) is 4.55 Å². The normalized spacial score (nSPS) is 16.9. The molecule has 0 bridgehead atoms. The molecule has 0 fully saturated rings. The van der Waals surface area contributed by atoms with E-state index in [0.717, 1.165) is 6.42 Å². The third-order valence-corrected chi connectivity index (χ3v) is 2.79. The molecule has 13 heavy (non-hydrogen) atoms. The van der Waals surface area contributed by atoms with Gasteiger partial charge in [0.2, 0.25) is 0 Å². The number of aliphatic hydroxyl groups is 1. The molecule has 0 saturated carbocycles. The standard InChI is InChI=1S/C7H17NO4S/c1-2-3-6(9)4-5-7(8)13(10,11)12/h6-7,9H,2-5,8H2,1H3,(H,10,11,12)/t6-,7?/m0/s1. The zero-order valence-corrected chi connectivity index (χ0v) is 8.50. The fourth-order valence-electron chi connectivity index (χ4n) is 0.983. The van der Waals surface area contributed by atoms with Gasteiger partial charge in [-0.05, 0) is 19.3 Å². The third-order valence-electron chi connectivity index (χ3n) is 1.79.